The van der Waals surface area contributed by atoms with Gasteiger partial charge in [0.2, 0.25) is 5.78 Å². The lowest BCUT2D eigenvalue weighted by atomic mass is 10.0. The van der Waals surface area contributed by atoms with Crippen LogP contribution in [0.3, 0.4) is 0 Å². The number of halogens is 3. The third-order valence-corrected chi connectivity index (χ3v) is 3.29. The zero-order valence-electron chi connectivity index (χ0n) is 10.9. The average Bonchev–Trinajstić information content (AvgIpc) is 2.77. The van der Waals surface area contributed by atoms with Crippen LogP contribution >= 0.6 is 0 Å². The van der Waals surface area contributed by atoms with Crippen molar-refractivity contribution in [2.75, 3.05) is 0 Å². The lowest BCUT2D eigenvalue weighted by Crippen LogP contribution is -2.02. The van der Waals surface area contributed by atoms with Crippen LogP contribution in [-0.4, -0.2) is 5.78 Å². The van der Waals surface area contributed by atoms with E-state index in [0.29, 0.717) is 10.9 Å². The second kappa shape index (κ2) is 4.77. The number of aryl methyl sites for hydroxylation is 1. The van der Waals surface area contributed by atoms with E-state index in [0.717, 1.165) is 12.1 Å². The van der Waals surface area contributed by atoms with Gasteiger partial charge in [0.15, 0.2) is 17.4 Å². The molecule has 3 aromatic rings. The van der Waals surface area contributed by atoms with Gasteiger partial charge in [-0.15, -0.1) is 0 Å². The first-order chi connectivity index (χ1) is 9.97. The van der Waals surface area contributed by atoms with E-state index in [1.54, 1.807) is 6.92 Å². The molecular formula is C16H9F3O2. The van der Waals surface area contributed by atoms with Crippen molar-refractivity contribution in [1.82, 2.24) is 0 Å². The quantitative estimate of drug-likeness (QED) is 0.655. The van der Waals surface area contributed by atoms with E-state index < -0.39 is 23.2 Å². The molecule has 0 aliphatic carbocycles. The Morgan fingerprint density at radius 1 is 1.00 bits per heavy atom. The molecule has 0 fully saturated rings. The number of ketones is 1. The summed E-state index contributed by atoms with van der Waals surface area (Å²) >= 11 is 0. The predicted molar refractivity (Wildman–Crippen MR) is 70.7 cm³/mol. The molecule has 0 aliphatic heterocycles. The largest absolute Gasteiger partial charge is 0.452 e. The number of benzene rings is 2. The minimum absolute atomic E-state index is 0.0124. The summed E-state index contributed by atoms with van der Waals surface area (Å²) in [5.74, 6) is -3.22. The number of rotatable bonds is 2. The van der Waals surface area contributed by atoms with E-state index in [1.165, 1.54) is 24.3 Å². The molecule has 0 atom stereocenters. The van der Waals surface area contributed by atoms with E-state index >= 15 is 0 Å². The molecule has 0 aliphatic rings. The molecule has 106 valence electrons. The summed E-state index contributed by atoms with van der Waals surface area (Å²) in [5.41, 5.74) is 0.731. The van der Waals surface area contributed by atoms with Crippen LogP contribution < -0.4 is 0 Å². The minimum atomic E-state index is -1.11. The van der Waals surface area contributed by atoms with E-state index in [1.807, 2.05) is 0 Å². The Labute approximate surface area is 117 Å². The van der Waals surface area contributed by atoms with Gasteiger partial charge in [-0.25, -0.2) is 13.2 Å². The zero-order valence-corrected chi connectivity index (χ0v) is 10.9. The second-order valence-electron chi connectivity index (χ2n) is 4.65. The van der Waals surface area contributed by atoms with Crippen LogP contribution in [-0.2, 0) is 0 Å². The number of carbonyl (C=O) groups excluding carboxylic acids is 1. The number of carbonyl (C=O) groups is 1. The van der Waals surface area contributed by atoms with Crippen LogP contribution in [0.25, 0.3) is 11.0 Å². The number of fused-ring (bicyclic) bond motifs is 1. The van der Waals surface area contributed by atoms with Crippen molar-refractivity contribution >= 4 is 16.8 Å². The first kappa shape index (κ1) is 13.4. The van der Waals surface area contributed by atoms with Crippen molar-refractivity contribution in [3.05, 3.63) is 70.7 Å². The van der Waals surface area contributed by atoms with Crippen LogP contribution in [0.1, 0.15) is 21.7 Å². The number of furan rings is 1. The van der Waals surface area contributed by atoms with E-state index in [-0.39, 0.29) is 16.9 Å². The summed E-state index contributed by atoms with van der Waals surface area (Å²) in [5, 5.41) is 0.599. The Kier molecular flexibility index (Phi) is 3.05. The molecule has 0 spiro atoms. The minimum Gasteiger partial charge on any atom is -0.452 e. The monoisotopic (exact) mass is 290 g/mol. The summed E-state index contributed by atoms with van der Waals surface area (Å²) in [4.78, 5) is 12.3. The highest BCUT2D eigenvalue weighted by Crippen LogP contribution is 2.28. The van der Waals surface area contributed by atoms with Crippen LogP contribution in [0.4, 0.5) is 13.2 Å². The summed E-state index contributed by atoms with van der Waals surface area (Å²) in [6, 6.07) is 6.80. The number of hydrogen-bond donors (Lipinski definition) is 0. The van der Waals surface area contributed by atoms with Crippen LogP contribution in [0.15, 0.2) is 40.8 Å². The fourth-order valence-corrected chi connectivity index (χ4v) is 2.18. The van der Waals surface area contributed by atoms with Crippen LogP contribution in [0.5, 0.6) is 0 Å². The van der Waals surface area contributed by atoms with Gasteiger partial charge in [0.1, 0.15) is 11.4 Å². The van der Waals surface area contributed by atoms with Crippen molar-refractivity contribution < 1.29 is 22.4 Å². The summed E-state index contributed by atoms with van der Waals surface area (Å²) < 4.78 is 44.6. The number of hydrogen-bond acceptors (Lipinski definition) is 2. The van der Waals surface area contributed by atoms with Gasteiger partial charge in [0, 0.05) is 22.6 Å². The van der Waals surface area contributed by atoms with Gasteiger partial charge in [-0.1, -0.05) is 0 Å². The lowest BCUT2D eigenvalue weighted by Gasteiger charge is -2.00. The van der Waals surface area contributed by atoms with Crippen LogP contribution in [0.2, 0.25) is 0 Å². The van der Waals surface area contributed by atoms with Gasteiger partial charge < -0.3 is 4.42 Å². The summed E-state index contributed by atoms with van der Waals surface area (Å²) in [7, 11) is 0. The maximum absolute atomic E-state index is 13.2. The van der Waals surface area contributed by atoms with Crippen molar-refractivity contribution in [2.24, 2.45) is 0 Å². The predicted octanol–water partition coefficient (Wildman–Crippen LogP) is 4.39. The fourth-order valence-electron chi connectivity index (χ4n) is 2.18. The van der Waals surface area contributed by atoms with Gasteiger partial charge in [-0.3, -0.25) is 4.79 Å². The molecule has 0 unspecified atom stereocenters. The van der Waals surface area contributed by atoms with Crippen molar-refractivity contribution in [3.63, 3.8) is 0 Å². The molecule has 5 heteroatoms. The molecule has 0 radical (unpaired) electrons. The molecule has 0 N–H and O–H groups in total. The molecule has 0 saturated heterocycles. The van der Waals surface area contributed by atoms with Crippen molar-refractivity contribution in [2.45, 2.75) is 6.92 Å². The van der Waals surface area contributed by atoms with Crippen molar-refractivity contribution in [3.8, 4) is 0 Å². The molecule has 2 nitrogen and oxygen atoms in total. The van der Waals surface area contributed by atoms with E-state index in [4.69, 9.17) is 4.42 Å². The SMILES string of the molecule is Cc1c(C(=O)c2ccc(F)c(F)c2)oc2cc(F)ccc12. The topological polar surface area (TPSA) is 30.2 Å². The van der Waals surface area contributed by atoms with Crippen LogP contribution in [0, 0.1) is 24.4 Å². The standard InChI is InChI=1S/C16H9F3O2/c1-8-11-4-3-10(17)7-14(11)21-16(8)15(20)9-2-5-12(18)13(19)6-9/h2-7H,1H3. The zero-order chi connectivity index (χ0) is 15.1. The molecule has 1 heterocycles. The molecule has 21 heavy (non-hydrogen) atoms. The first-order valence-electron chi connectivity index (χ1n) is 6.16. The van der Waals surface area contributed by atoms with Gasteiger partial charge >= 0.3 is 0 Å². The van der Waals surface area contributed by atoms with E-state index in [2.05, 4.69) is 0 Å². The summed E-state index contributed by atoms with van der Waals surface area (Å²) in [6.45, 7) is 1.65. The first-order valence-corrected chi connectivity index (χ1v) is 6.16. The molecule has 0 saturated carbocycles. The molecular weight excluding hydrogens is 281 g/mol. The summed E-state index contributed by atoms with van der Waals surface area (Å²) in [6.07, 6.45) is 0. The maximum Gasteiger partial charge on any atom is 0.228 e. The molecule has 3 rings (SSSR count). The maximum atomic E-state index is 13.2. The third-order valence-electron chi connectivity index (χ3n) is 3.29. The molecule has 0 bridgehead atoms. The Morgan fingerprint density at radius 2 is 1.76 bits per heavy atom. The average molecular weight is 290 g/mol. The Hall–Kier alpha value is -2.56. The van der Waals surface area contributed by atoms with Gasteiger partial charge in [0.05, 0.1) is 0 Å². The molecule has 2 aromatic carbocycles. The Morgan fingerprint density at radius 3 is 2.48 bits per heavy atom. The smallest absolute Gasteiger partial charge is 0.228 e. The van der Waals surface area contributed by atoms with Crippen molar-refractivity contribution in [1.29, 1.82) is 0 Å². The Bertz CT molecular complexity index is 865. The molecule has 0 amide bonds. The Balaban J connectivity index is 2.13. The highest BCUT2D eigenvalue weighted by Gasteiger charge is 2.20. The normalized spacial score (nSPS) is 11.0. The fraction of sp³-hybridized carbons (Fsp3) is 0.0625. The third kappa shape index (κ3) is 2.20. The highest BCUT2D eigenvalue weighted by molar-refractivity contribution is 6.10. The van der Waals surface area contributed by atoms with Gasteiger partial charge in [-0.2, -0.15) is 0 Å². The molecule has 1 aromatic heterocycles. The lowest BCUT2D eigenvalue weighted by molar-refractivity contribution is 0.101. The van der Waals surface area contributed by atoms with Gasteiger partial charge in [-0.05, 0) is 37.3 Å². The van der Waals surface area contributed by atoms with E-state index in [9.17, 15) is 18.0 Å². The highest BCUT2D eigenvalue weighted by atomic mass is 19.2. The van der Waals surface area contributed by atoms with Gasteiger partial charge in [0.25, 0.3) is 0 Å². The second-order valence-corrected chi connectivity index (χ2v) is 4.65.